The Bertz CT molecular complexity index is 802. The molecule has 1 saturated heterocycles. The summed E-state index contributed by atoms with van der Waals surface area (Å²) in [5, 5.41) is 5.05. The van der Waals surface area contributed by atoms with E-state index in [9.17, 15) is 9.59 Å². The molecule has 0 N–H and O–H groups in total. The van der Waals surface area contributed by atoms with E-state index >= 15 is 0 Å². The van der Waals surface area contributed by atoms with Crippen LogP contribution in [0.25, 0.3) is 6.08 Å². The van der Waals surface area contributed by atoms with Crippen LogP contribution in [0.5, 0.6) is 0 Å². The third-order valence-corrected chi connectivity index (χ3v) is 5.60. The lowest BCUT2D eigenvalue weighted by Gasteiger charge is -2.34. The second kappa shape index (κ2) is 10.5. The summed E-state index contributed by atoms with van der Waals surface area (Å²) in [6, 6.07) is 0. The summed E-state index contributed by atoms with van der Waals surface area (Å²) in [6.45, 7) is 14.4. The van der Waals surface area contributed by atoms with Crippen LogP contribution in [-0.2, 0) is 16.1 Å². The average Bonchev–Trinajstić information content (AvgIpc) is 2.91. The lowest BCUT2D eigenvalue weighted by Crippen LogP contribution is -2.42. The minimum atomic E-state index is -0.500. The van der Waals surface area contributed by atoms with Crippen molar-refractivity contribution >= 4 is 29.7 Å². The molecule has 0 atom stereocenters. The first-order valence-corrected chi connectivity index (χ1v) is 11.4. The Hall–Kier alpha value is -2.02. The maximum absolute atomic E-state index is 12.7. The zero-order valence-corrected chi connectivity index (χ0v) is 20.7. The summed E-state index contributed by atoms with van der Waals surface area (Å²) in [5.41, 5.74) is 1.11. The van der Waals surface area contributed by atoms with E-state index in [1.165, 1.54) is 0 Å². The molecular formula is C23H37ClN4O3. The first kappa shape index (κ1) is 25.2. The number of hydrogen-bond acceptors (Lipinski definition) is 4. The molecule has 0 unspecified atom stereocenters. The molecule has 7 nitrogen and oxygen atoms in total. The topological polar surface area (TPSA) is 67.7 Å². The van der Waals surface area contributed by atoms with E-state index in [1.807, 2.05) is 32.6 Å². The van der Waals surface area contributed by atoms with Gasteiger partial charge in [0, 0.05) is 44.9 Å². The summed E-state index contributed by atoms with van der Waals surface area (Å²) in [6.07, 6.45) is 4.77. The summed E-state index contributed by atoms with van der Waals surface area (Å²) >= 11 is 6.46. The van der Waals surface area contributed by atoms with Gasteiger partial charge in [-0.15, -0.1) is 0 Å². The molecule has 1 aliphatic heterocycles. The van der Waals surface area contributed by atoms with E-state index in [-0.39, 0.29) is 12.0 Å². The van der Waals surface area contributed by atoms with Gasteiger partial charge in [0.1, 0.15) is 10.8 Å². The number of hydrogen-bond donors (Lipinski definition) is 0. The zero-order chi connectivity index (χ0) is 23.3. The summed E-state index contributed by atoms with van der Waals surface area (Å²) in [7, 11) is 1.76. The van der Waals surface area contributed by atoms with E-state index in [1.54, 1.807) is 28.8 Å². The number of carbonyl (C=O) groups is 2. The Morgan fingerprint density at radius 3 is 2.45 bits per heavy atom. The third-order valence-electron chi connectivity index (χ3n) is 5.20. The van der Waals surface area contributed by atoms with E-state index in [0.717, 1.165) is 30.6 Å². The highest BCUT2D eigenvalue weighted by Gasteiger charge is 2.26. The van der Waals surface area contributed by atoms with Crippen molar-refractivity contribution in [2.45, 2.75) is 66.5 Å². The summed E-state index contributed by atoms with van der Waals surface area (Å²) in [4.78, 5) is 28.3. The number of carbonyl (C=O) groups excluding carboxylic acids is 2. The fraction of sp³-hybridized carbons (Fsp3) is 0.696. The number of rotatable bonds is 6. The average molecular weight is 453 g/mol. The highest BCUT2D eigenvalue weighted by Crippen LogP contribution is 2.23. The van der Waals surface area contributed by atoms with Crippen LogP contribution >= 0.6 is 11.6 Å². The fourth-order valence-electron chi connectivity index (χ4n) is 3.62. The standard InChI is InChI=1S/C23H37ClN4O3/c1-16(2)14-28-21(24)19(17(3)25-28)8-9-20(29)27-12-10-18(11-13-27)15-26(7)22(30)31-23(4,5)6/h8-9,16,18H,10-15H2,1-7H3. The summed E-state index contributed by atoms with van der Waals surface area (Å²) in [5.74, 6) is 0.772. The van der Waals surface area contributed by atoms with E-state index in [2.05, 4.69) is 18.9 Å². The second-order valence-electron chi connectivity index (χ2n) is 9.83. The van der Waals surface area contributed by atoms with Crippen molar-refractivity contribution in [1.29, 1.82) is 0 Å². The Morgan fingerprint density at radius 1 is 1.29 bits per heavy atom. The molecule has 1 aliphatic rings. The van der Waals surface area contributed by atoms with Crippen molar-refractivity contribution in [3.05, 3.63) is 22.5 Å². The minimum absolute atomic E-state index is 0.0222. The predicted molar refractivity (Wildman–Crippen MR) is 124 cm³/mol. The van der Waals surface area contributed by atoms with Crippen molar-refractivity contribution in [3.8, 4) is 0 Å². The highest BCUT2D eigenvalue weighted by molar-refractivity contribution is 6.31. The van der Waals surface area contributed by atoms with Gasteiger partial charge >= 0.3 is 6.09 Å². The Morgan fingerprint density at radius 2 is 1.90 bits per heavy atom. The molecule has 1 aromatic rings. The number of nitrogens with zero attached hydrogens (tertiary/aromatic N) is 4. The van der Waals surface area contributed by atoms with Gasteiger partial charge in [-0.2, -0.15) is 5.10 Å². The molecule has 0 saturated carbocycles. The smallest absolute Gasteiger partial charge is 0.410 e. The van der Waals surface area contributed by atoms with Gasteiger partial charge in [0.2, 0.25) is 5.91 Å². The Labute approximate surface area is 191 Å². The van der Waals surface area contributed by atoms with Crippen LogP contribution in [0, 0.1) is 18.8 Å². The number of amides is 2. The van der Waals surface area contributed by atoms with Crippen molar-refractivity contribution in [3.63, 3.8) is 0 Å². The molecule has 174 valence electrons. The van der Waals surface area contributed by atoms with Gasteiger partial charge in [-0.3, -0.25) is 9.48 Å². The van der Waals surface area contributed by atoms with Gasteiger partial charge in [0.25, 0.3) is 0 Å². The van der Waals surface area contributed by atoms with Crippen LogP contribution in [0.1, 0.15) is 58.7 Å². The maximum Gasteiger partial charge on any atom is 0.410 e. The van der Waals surface area contributed by atoms with Crippen LogP contribution in [0.3, 0.4) is 0 Å². The highest BCUT2D eigenvalue weighted by atomic mass is 35.5. The number of likely N-dealkylation sites (tertiary alicyclic amines) is 1. The van der Waals surface area contributed by atoms with Crippen molar-refractivity contribution < 1.29 is 14.3 Å². The molecule has 31 heavy (non-hydrogen) atoms. The monoisotopic (exact) mass is 452 g/mol. The normalized spacial score (nSPS) is 15.7. The third kappa shape index (κ3) is 7.56. The van der Waals surface area contributed by atoms with Crippen LogP contribution in [0.2, 0.25) is 5.15 Å². The minimum Gasteiger partial charge on any atom is -0.444 e. The molecule has 0 spiro atoms. The number of ether oxygens (including phenoxy) is 1. The van der Waals surface area contributed by atoms with Gasteiger partial charge in [-0.1, -0.05) is 25.4 Å². The molecule has 0 bridgehead atoms. The SMILES string of the molecule is Cc1nn(CC(C)C)c(Cl)c1C=CC(=O)N1CCC(CN(C)C(=O)OC(C)(C)C)CC1. The van der Waals surface area contributed by atoms with Crippen LogP contribution < -0.4 is 0 Å². The summed E-state index contributed by atoms with van der Waals surface area (Å²) < 4.78 is 7.20. The number of aryl methyl sites for hydroxylation is 1. The lowest BCUT2D eigenvalue weighted by molar-refractivity contribution is -0.127. The number of piperidine rings is 1. The van der Waals surface area contributed by atoms with Gasteiger partial charge in [0.05, 0.1) is 5.69 Å². The molecule has 1 fully saturated rings. The van der Waals surface area contributed by atoms with Crippen LogP contribution in [-0.4, -0.2) is 63.9 Å². The van der Waals surface area contributed by atoms with Gasteiger partial charge < -0.3 is 14.5 Å². The van der Waals surface area contributed by atoms with E-state index in [0.29, 0.717) is 36.6 Å². The molecule has 2 amide bonds. The van der Waals surface area contributed by atoms with E-state index < -0.39 is 5.60 Å². The zero-order valence-electron chi connectivity index (χ0n) is 19.9. The fourth-order valence-corrected chi connectivity index (χ4v) is 3.93. The van der Waals surface area contributed by atoms with Crippen LogP contribution in [0.4, 0.5) is 4.79 Å². The van der Waals surface area contributed by atoms with Gasteiger partial charge in [-0.05, 0) is 58.4 Å². The predicted octanol–water partition coefficient (Wildman–Crippen LogP) is 4.62. The molecule has 0 aromatic carbocycles. The van der Waals surface area contributed by atoms with Gasteiger partial charge in [0.15, 0.2) is 0 Å². The van der Waals surface area contributed by atoms with E-state index in [4.69, 9.17) is 16.3 Å². The maximum atomic E-state index is 12.7. The quantitative estimate of drug-likeness (QED) is 0.590. The van der Waals surface area contributed by atoms with Crippen LogP contribution in [0.15, 0.2) is 6.08 Å². The van der Waals surface area contributed by atoms with Crippen molar-refractivity contribution in [2.75, 3.05) is 26.7 Å². The molecule has 8 heteroatoms. The lowest BCUT2D eigenvalue weighted by atomic mass is 9.96. The first-order chi connectivity index (χ1) is 14.4. The second-order valence-corrected chi connectivity index (χ2v) is 10.2. The van der Waals surface area contributed by atoms with Gasteiger partial charge in [-0.25, -0.2) is 4.79 Å². The molecule has 1 aromatic heterocycles. The number of aromatic nitrogens is 2. The number of halogens is 1. The molecule has 2 heterocycles. The Kier molecular flexibility index (Phi) is 8.57. The van der Waals surface area contributed by atoms with Crippen molar-refractivity contribution in [1.82, 2.24) is 19.6 Å². The molecule has 2 rings (SSSR count). The van der Waals surface area contributed by atoms with Crippen molar-refractivity contribution in [2.24, 2.45) is 11.8 Å². The Balaban J connectivity index is 1.87. The largest absolute Gasteiger partial charge is 0.444 e. The first-order valence-electron chi connectivity index (χ1n) is 11.0. The molecule has 0 aliphatic carbocycles. The molecular weight excluding hydrogens is 416 g/mol. The molecule has 0 radical (unpaired) electrons.